The Hall–Kier alpha value is -3.12. The van der Waals surface area contributed by atoms with Crippen molar-refractivity contribution in [1.29, 1.82) is 0 Å². The van der Waals surface area contributed by atoms with Crippen LogP contribution in [0.4, 0.5) is 4.39 Å². The Bertz CT molecular complexity index is 1160. The van der Waals surface area contributed by atoms with Crippen LogP contribution in [-0.4, -0.2) is 66.2 Å². The van der Waals surface area contributed by atoms with Crippen LogP contribution in [-0.2, 0) is 14.4 Å². The molecule has 1 aromatic heterocycles. The highest BCUT2D eigenvalue weighted by molar-refractivity contribution is 8.01. The highest BCUT2D eigenvalue weighted by atomic mass is 35.5. The molecule has 3 atom stereocenters. The first-order valence-electron chi connectivity index (χ1n) is 9.91. The summed E-state index contributed by atoms with van der Waals surface area (Å²) < 4.78 is 18.5. The molecule has 3 rings (SSSR count). The molecule has 1 saturated heterocycles. The molecular formula is C21H21ClFN3O7S. The number of aromatic nitrogens is 1. The third-order valence-corrected chi connectivity index (χ3v) is 7.25. The number of benzene rings is 1. The number of carboxylic acids is 2. The van der Waals surface area contributed by atoms with Gasteiger partial charge in [0.2, 0.25) is 5.91 Å². The molecule has 0 bridgehead atoms. The van der Waals surface area contributed by atoms with Gasteiger partial charge in [0.05, 0.1) is 10.6 Å². The Balaban J connectivity index is 2.02. The first-order chi connectivity index (χ1) is 15.8. The topological polar surface area (TPSA) is 150 Å². The van der Waals surface area contributed by atoms with E-state index in [1.807, 2.05) is 0 Å². The maximum absolute atomic E-state index is 14.5. The summed E-state index contributed by atoms with van der Waals surface area (Å²) in [5.74, 6) is -5.25. The van der Waals surface area contributed by atoms with Gasteiger partial charge in [-0.3, -0.25) is 9.59 Å². The molecule has 182 valence electrons. The lowest BCUT2D eigenvalue weighted by Gasteiger charge is -2.31. The van der Waals surface area contributed by atoms with Crippen LogP contribution in [0.5, 0.6) is 0 Å². The van der Waals surface area contributed by atoms with Crippen molar-refractivity contribution < 1.29 is 38.3 Å². The molecular weight excluding hydrogens is 493 g/mol. The second-order valence-electron chi connectivity index (χ2n) is 8.13. The van der Waals surface area contributed by atoms with E-state index in [0.717, 1.165) is 29.7 Å². The van der Waals surface area contributed by atoms with E-state index < -0.39 is 51.8 Å². The first kappa shape index (κ1) is 25.5. The Morgan fingerprint density at radius 1 is 1.29 bits per heavy atom. The molecule has 34 heavy (non-hydrogen) atoms. The van der Waals surface area contributed by atoms with E-state index in [0.29, 0.717) is 0 Å². The quantitative estimate of drug-likeness (QED) is 0.529. The number of hydrogen-bond acceptors (Lipinski definition) is 7. The lowest BCUT2D eigenvalue weighted by molar-refractivity contribution is -0.152. The number of carboxylic acid groups (broad SMARTS) is 2. The minimum Gasteiger partial charge on any atom is -0.480 e. The van der Waals surface area contributed by atoms with Crippen LogP contribution in [0, 0.1) is 12.7 Å². The lowest BCUT2D eigenvalue weighted by Crippen LogP contribution is -2.57. The van der Waals surface area contributed by atoms with Gasteiger partial charge in [-0.25, -0.2) is 14.0 Å². The summed E-state index contributed by atoms with van der Waals surface area (Å²) in [6.07, 6.45) is 0. The zero-order valence-corrected chi connectivity index (χ0v) is 20.0. The third-order valence-electron chi connectivity index (χ3n) is 5.36. The highest BCUT2D eigenvalue weighted by Gasteiger charge is 2.56. The number of nitrogens with zero attached hydrogens (tertiary/aromatic N) is 2. The number of rotatable bonds is 6. The molecule has 2 aromatic rings. The van der Waals surface area contributed by atoms with E-state index >= 15 is 0 Å². The van der Waals surface area contributed by atoms with Crippen molar-refractivity contribution in [3.63, 3.8) is 0 Å². The van der Waals surface area contributed by atoms with Gasteiger partial charge in [-0.05, 0) is 32.9 Å². The zero-order chi connectivity index (χ0) is 25.5. The van der Waals surface area contributed by atoms with E-state index in [1.54, 1.807) is 13.8 Å². The number of amides is 2. The predicted octanol–water partition coefficient (Wildman–Crippen LogP) is 2.78. The highest BCUT2D eigenvalue weighted by Crippen LogP contribution is 2.46. The van der Waals surface area contributed by atoms with Crippen LogP contribution >= 0.6 is 23.4 Å². The maximum atomic E-state index is 14.5. The molecule has 0 aliphatic carbocycles. The van der Waals surface area contributed by atoms with Crippen molar-refractivity contribution >= 4 is 47.1 Å². The number of nitrogens with one attached hydrogen (secondary N) is 1. The summed E-state index contributed by atoms with van der Waals surface area (Å²) >= 11 is 7.02. The molecule has 1 aromatic carbocycles. The molecule has 13 heteroatoms. The van der Waals surface area contributed by atoms with E-state index in [1.165, 1.54) is 19.1 Å². The second-order valence-corrected chi connectivity index (χ2v) is 10.3. The van der Waals surface area contributed by atoms with Crippen LogP contribution in [0.15, 0.2) is 22.7 Å². The Morgan fingerprint density at radius 3 is 2.47 bits per heavy atom. The Labute approximate surface area is 202 Å². The average molecular weight is 514 g/mol. The molecule has 3 N–H and O–H groups in total. The molecule has 2 heterocycles. The number of aryl methyl sites for hydroxylation is 1. The lowest BCUT2D eigenvalue weighted by atomic mass is 10.0. The summed E-state index contributed by atoms with van der Waals surface area (Å²) in [6, 6.07) is 0.829. The van der Waals surface area contributed by atoms with E-state index in [2.05, 4.69) is 10.5 Å². The van der Waals surface area contributed by atoms with Crippen LogP contribution in [0.3, 0.4) is 0 Å². The van der Waals surface area contributed by atoms with Gasteiger partial charge < -0.3 is 25.0 Å². The number of carbonyl (C=O) groups excluding carboxylic acids is 2. The molecule has 1 aliphatic rings. The smallest absolute Gasteiger partial charge is 0.329 e. The molecule has 0 spiro atoms. The fourth-order valence-corrected chi connectivity index (χ4v) is 5.85. The fraction of sp³-hybridized carbons (Fsp3) is 0.381. The summed E-state index contributed by atoms with van der Waals surface area (Å²) in [7, 11) is 0. The van der Waals surface area contributed by atoms with Gasteiger partial charge in [0, 0.05) is 11.7 Å². The zero-order valence-electron chi connectivity index (χ0n) is 18.5. The first-order valence-corrected chi connectivity index (χ1v) is 11.2. The minimum atomic E-state index is -1.71. The number of hydrogen-bond donors (Lipinski definition) is 3. The summed E-state index contributed by atoms with van der Waals surface area (Å²) in [4.78, 5) is 50.5. The summed E-state index contributed by atoms with van der Waals surface area (Å²) in [6.45, 7) is 5.63. The number of carbonyl (C=O) groups is 4. The van der Waals surface area contributed by atoms with Gasteiger partial charge in [0.15, 0.2) is 6.04 Å². The Kier molecular flexibility index (Phi) is 6.94. The van der Waals surface area contributed by atoms with Crippen LogP contribution in [0.1, 0.15) is 36.9 Å². The van der Waals surface area contributed by atoms with Gasteiger partial charge in [-0.15, -0.1) is 11.8 Å². The van der Waals surface area contributed by atoms with E-state index in [-0.39, 0.29) is 27.6 Å². The number of thioether (sulfide) groups is 1. The molecule has 10 nitrogen and oxygen atoms in total. The Morgan fingerprint density at radius 2 is 1.94 bits per heavy atom. The normalized spacial score (nSPS) is 20.1. The van der Waals surface area contributed by atoms with Gasteiger partial charge >= 0.3 is 11.9 Å². The molecule has 0 saturated carbocycles. The second kappa shape index (κ2) is 9.26. The molecule has 1 fully saturated rings. The molecule has 2 amide bonds. The van der Waals surface area contributed by atoms with E-state index in [4.69, 9.17) is 16.1 Å². The predicted molar refractivity (Wildman–Crippen MR) is 120 cm³/mol. The monoisotopic (exact) mass is 513 g/mol. The largest absolute Gasteiger partial charge is 0.480 e. The van der Waals surface area contributed by atoms with Crippen molar-refractivity contribution in [2.24, 2.45) is 0 Å². The summed E-state index contributed by atoms with van der Waals surface area (Å²) in [5.41, 5.74) is -0.677. The van der Waals surface area contributed by atoms with Crippen molar-refractivity contribution in [3.05, 3.63) is 40.4 Å². The van der Waals surface area contributed by atoms with Crippen LogP contribution in [0.2, 0.25) is 5.02 Å². The number of aliphatic carboxylic acids is 2. The van der Waals surface area contributed by atoms with E-state index in [9.17, 15) is 33.8 Å². The van der Waals surface area contributed by atoms with Gasteiger partial charge in [-0.2, -0.15) is 0 Å². The molecule has 1 unspecified atom stereocenters. The van der Waals surface area contributed by atoms with Gasteiger partial charge in [-0.1, -0.05) is 22.8 Å². The van der Waals surface area contributed by atoms with Crippen molar-refractivity contribution in [2.45, 2.75) is 49.9 Å². The van der Waals surface area contributed by atoms with Gasteiger partial charge in [0.25, 0.3) is 5.91 Å². The summed E-state index contributed by atoms with van der Waals surface area (Å²) in [5, 5.41) is 24.3. The fourth-order valence-electron chi connectivity index (χ4n) is 3.92. The average Bonchev–Trinajstić information content (AvgIpc) is 3.22. The third kappa shape index (κ3) is 4.47. The molecule has 1 aliphatic heterocycles. The standard InChI is InChI=1S/C21H21ClFN3O7S/c1-8-12(14(25-33-8)13-10(22)6-5-7-11(13)23)17(28)24-15(19(29)30)18-26(9(2)27)16(20(31)32)21(3,4)34-18/h5-7,15-16,18H,1-4H3,(H,24,28)(H,29,30)(H,31,32)/t15-,16-,18?/m0/s1. The van der Waals surface area contributed by atoms with Crippen molar-refractivity contribution in [3.8, 4) is 11.3 Å². The van der Waals surface area contributed by atoms with Crippen LogP contribution in [0.25, 0.3) is 11.3 Å². The van der Waals surface area contributed by atoms with Crippen molar-refractivity contribution in [2.75, 3.05) is 0 Å². The number of halogens is 2. The SMILES string of the molecule is CC(=O)N1C([C@H](NC(=O)c2c(-c3c(F)cccc3Cl)noc2C)C(=O)O)SC(C)(C)[C@@H]1C(=O)O. The van der Waals surface area contributed by atoms with Crippen LogP contribution < -0.4 is 5.32 Å². The molecule has 0 radical (unpaired) electrons. The minimum absolute atomic E-state index is 0.0257. The van der Waals surface area contributed by atoms with Gasteiger partial charge in [0.1, 0.15) is 34.3 Å². The van der Waals surface area contributed by atoms with Crippen molar-refractivity contribution in [1.82, 2.24) is 15.4 Å². The maximum Gasteiger partial charge on any atom is 0.329 e.